The van der Waals surface area contributed by atoms with Gasteiger partial charge >= 0.3 is 0 Å². The van der Waals surface area contributed by atoms with Crippen LogP contribution in [0.1, 0.15) is 69.9 Å². The molecule has 0 atom stereocenters. The first kappa shape index (κ1) is 21.2. The fraction of sp³-hybridized carbons (Fsp3) is 0.737. The van der Waals surface area contributed by atoms with Gasteiger partial charge in [0.1, 0.15) is 12.4 Å². The fourth-order valence-electron chi connectivity index (χ4n) is 3.63. The van der Waals surface area contributed by atoms with Crippen LogP contribution in [0.3, 0.4) is 0 Å². The van der Waals surface area contributed by atoms with Crippen LogP contribution in [-0.2, 0) is 19.5 Å². The highest BCUT2D eigenvalue weighted by atomic mass is 127. The number of nitrogens with one attached hydrogen (secondary N) is 2. The van der Waals surface area contributed by atoms with Crippen molar-refractivity contribution in [3.63, 3.8) is 0 Å². The Kier molecular flexibility index (Phi) is 9.42. The Labute approximate surface area is 174 Å². The average molecular weight is 472 g/mol. The standard InChI is InChI=1S/C19H32N6.HI/c1-2-20-19(21-13-12-16-9-5-3-6-10-16)22-15-18-24-23-17-11-7-4-8-14-25(17)18;/h9H,2-8,10-15H2,1H3,(H2,20,21,22);1H. The highest BCUT2D eigenvalue weighted by molar-refractivity contribution is 14.0. The van der Waals surface area contributed by atoms with E-state index < -0.39 is 0 Å². The zero-order valence-corrected chi connectivity index (χ0v) is 18.3. The number of rotatable bonds is 6. The van der Waals surface area contributed by atoms with Crippen LogP contribution >= 0.6 is 24.0 Å². The third-order valence-corrected chi connectivity index (χ3v) is 5.03. The second kappa shape index (κ2) is 11.6. The molecule has 26 heavy (non-hydrogen) atoms. The Hall–Kier alpha value is -1.12. The molecule has 0 bridgehead atoms. The predicted octanol–water partition coefficient (Wildman–Crippen LogP) is 3.57. The van der Waals surface area contributed by atoms with Gasteiger partial charge in [-0.1, -0.05) is 18.1 Å². The van der Waals surface area contributed by atoms with Crippen LogP contribution in [0.2, 0.25) is 0 Å². The molecule has 1 aromatic rings. The van der Waals surface area contributed by atoms with Crippen molar-refractivity contribution in [3.05, 3.63) is 23.3 Å². The highest BCUT2D eigenvalue weighted by Crippen LogP contribution is 2.19. The van der Waals surface area contributed by atoms with Crippen molar-refractivity contribution in [2.45, 2.75) is 77.8 Å². The second-order valence-corrected chi connectivity index (χ2v) is 6.97. The van der Waals surface area contributed by atoms with Gasteiger partial charge in [-0.25, -0.2) is 4.99 Å². The molecule has 0 unspecified atom stereocenters. The zero-order chi connectivity index (χ0) is 17.3. The molecule has 146 valence electrons. The van der Waals surface area contributed by atoms with Crippen LogP contribution < -0.4 is 10.6 Å². The minimum Gasteiger partial charge on any atom is -0.357 e. The van der Waals surface area contributed by atoms with E-state index in [0.717, 1.165) is 50.1 Å². The zero-order valence-electron chi connectivity index (χ0n) is 16.0. The Morgan fingerprint density at radius 1 is 1.12 bits per heavy atom. The van der Waals surface area contributed by atoms with Gasteiger partial charge in [-0.15, -0.1) is 34.2 Å². The lowest BCUT2D eigenvalue weighted by Crippen LogP contribution is -2.38. The number of fused-ring (bicyclic) bond motifs is 1. The SMILES string of the molecule is CCNC(=NCc1nnc2n1CCCCC2)NCCC1=CCCCC1.I. The lowest BCUT2D eigenvalue weighted by molar-refractivity contribution is 0.605. The molecule has 1 aromatic heterocycles. The molecule has 0 fully saturated rings. The molecule has 0 aromatic carbocycles. The van der Waals surface area contributed by atoms with Crippen molar-refractivity contribution in [1.29, 1.82) is 0 Å². The highest BCUT2D eigenvalue weighted by Gasteiger charge is 2.14. The molecule has 6 nitrogen and oxygen atoms in total. The topological polar surface area (TPSA) is 67.1 Å². The van der Waals surface area contributed by atoms with E-state index in [0.29, 0.717) is 6.54 Å². The summed E-state index contributed by atoms with van der Waals surface area (Å²) in [7, 11) is 0. The first-order valence-corrected chi connectivity index (χ1v) is 9.98. The number of nitrogens with zero attached hydrogens (tertiary/aromatic N) is 4. The van der Waals surface area contributed by atoms with Crippen molar-refractivity contribution in [3.8, 4) is 0 Å². The summed E-state index contributed by atoms with van der Waals surface area (Å²) >= 11 is 0. The Morgan fingerprint density at radius 3 is 2.81 bits per heavy atom. The van der Waals surface area contributed by atoms with E-state index in [4.69, 9.17) is 4.99 Å². The number of halogens is 1. The monoisotopic (exact) mass is 472 g/mol. The molecule has 0 saturated heterocycles. The van der Waals surface area contributed by atoms with Gasteiger partial charge in [0, 0.05) is 26.1 Å². The molecule has 1 aliphatic heterocycles. The minimum absolute atomic E-state index is 0. The first-order chi connectivity index (χ1) is 12.4. The van der Waals surface area contributed by atoms with Crippen molar-refractivity contribution in [1.82, 2.24) is 25.4 Å². The van der Waals surface area contributed by atoms with E-state index in [1.807, 2.05) is 0 Å². The first-order valence-electron chi connectivity index (χ1n) is 9.98. The van der Waals surface area contributed by atoms with Crippen LogP contribution in [-0.4, -0.2) is 33.8 Å². The summed E-state index contributed by atoms with van der Waals surface area (Å²) in [6.45, 7) is 5.53. The predicted molar refractivity (Wildman–Crippen MR) is 117 cm³/mol. The van der Waals surface area contributed by atoms with E-state index in [1.54, 1.807) is 5.57 Å². The molecule has 0 spiro atoms. The lowest BCUT2D eigenvalue weighted by Gasteiger charge is -2.15. The summed E-state index contributed by atoms with van der Waals surface area (Å²) < 4.78 is 2.27. The molecule has 2 heterocycles. The Balaban J connectivity index is 0.00000243. The number of hydrogen-bond donors (Lipinski definition) is 2. The van der Waals surface area contributed by atoms with Crippen molar-refractivity contribution < 1.29 is 0 Å². The minimum atomic E-state index is 0. The van der Waals surface area contributed by atoms with Gasteiger partial charge in [0.05, 0.1) is 0 Å². The van der Waals surface area contributed by atoms with E-state index >= 15 is 0 Å². The van der Waals surface area contributed by atoms with E-state index in [9.17, 15) is 0 Å². The molecular weight excluding hydrogens is 439 g/mol. The van der Waals surface area contributed by atoms with E-state index in [-0.39, 0.29) is 24.0 Å². The van der Waals surface area contributed by atoms with Crippen LogP contribution in [0.4, 0.5) is 0 Å². The third-order valence-electron chi connectivity index (χ3n) is 5.03. The number of guanidine groups is 1. The van der Waals surface area contributed by atoms with Gasteiger partial charge in [0.15, 0.2) is 11.8 Å². The second-order valence-electron chi connectivity index (χ2n) is 6.97. The largest absolute Gasteiger partial charge is 0.357 e. The summed E-state index contributed by atoms with van der Waals surface area (Å²) in [4.78, 5) is 4.73. The number of aryl methyl sites for hydroxylation is 1. The van der Waals surface area contributed by atoms with Gasteiger partial charge in [-0.05, 0) is 51.9 Å². The van der Waals surface area contributed by atoms with Gasteiger partial charge in [-0.3, -0.25) is 0 Å². The number of aliphatic imine (C=N–C) groups is 1. The van der Waals surface area contributed by atoms with Crippen LogP contribution in [0.5, 0.6) is 0 Å². The van der Waals surface area contributed by atoms with Crippen LogP contribution in [0.15, 0.2) is 16.6 Å². The average Bonchev–Trinajstić information content (AvgIpc) is 2.87. The summed E-state index contributed by atoms with van der Waals surface area (Å²) in [5.41, 5.74) is 1.59. The molecule has 1 aliphatic carbocycles. The molecule has 3 rings (SSSR count). The Morgan fingerprint density at radius 2 is 2.00 bits per heavy atom. The summed E-state index contributed by atoms with van der Waals surface area (Å²) in [5.74, 6) is 3.00. The van der Waals surface area contributed by atoms with Crippen LogP contribution in [0.25, 0.3) is 0 Å². The molecule has 2 N–H and O–H groups in total. The maximum absolute atomic E-state index is 4.73. The molecule has 0 amide bonds. The molecule has 0 saturated carbocycles. The number of aromatic nitrogens is 3. The van der Waals surface area contributed by atoms with Gasteiger partial charge < -0.3 is 15.2 Å². The summed E-state index contributed by atoms with van der Waals surface area (Å²) in [5, 5.41) is 15.5. The number of hydrogen-bond acceptors (Lipinski definition) is 3. The van der Waals surface area contributed by atoms with Crippen molar-refractivity contribution in [2.24, 2.45) is 4.99 Å². The quantitative estimate of drug-likeness (QED) is 0.288. The van der Waals surface area contributed by atoms with Gasteiger partial charge in [0.2, 0.25) is 0 Å². The molecule has 7 heteroatoms. The maximum atomic E-state index is 4.73. The Bertz CT molecular complexity index is 607. The summed E-state index contributed by atoms with van der Waals surface area (Å²) in [6.07, 6.45) is 13.5. The molecule has 0 radical (unpaired) electrons. The van der Waals surface area contributed by atoms with Crippen molar-refractivity contribution in [2.75, 3.05) is 13.1 Å². The van der Waals surface area contributed by atoms with E-state index in [2.05, 4.69) is 38.4 Å². The lowest BCUT2D eigenvalue weighted by atomic mass is 9.97. The van der Waals surface area contributed by atoms with E-state index in [1.165, 1.54) is 44.9 Å². The fourth-order valence-corrected chi connectivity index (χ4v) is 3.63. The normalized spacial score (nSPS) is 17.6. The van der Waals surface area contributed by atoms with Gasteiger partial charge in [-0.2, -0.15) is 0 Å². The third kappa shape index (κ3) is 6.25. The van der Waals surface area contributed by atoms with Crippen LogP contribution in [0, 0.1) is 0 Å². The number of allylic oxidation sites excluding steroid dienone is 1. The van der Waals surface area contributed by atoms with Crippen molar-refractivity contribution >= 4 is 29.9 Å². The van der Waals surface area contributed by atoms with Gasteiger partial charge in [0.25, 0.3) is 0 Å². The maximum Gasteiger partial charge on any atom is 0.191 e. The smallest absolute Gasteiger partial charge is 0.191 e. The molecular formula is C19H33IN6. The molecule has 2 aliphatic rings. The summed E-state index contributed by atoms with van der Waals surface area (Å²) in [6, 6.07) is 0.